The summed E-state index contributed by atoms with van der Waals surface area (Å²) in [6.45, 7) is 3.98. The number of carbonyl (C=O) groups excluding carboxylic acids is 1. The predicted molar refractivity (Wildman–Crippen MR) is 102 cm³/mol. The van der Waals surface area contributed by atoms with Crippen molar-refractivity contribution in [2.75, 3.05) is 22.6 Å². The fourth-order valence-electron chi connectivity index (χ4n) is 3.17. The maximum absolute atomic E-state index is 14.6. The minimum Gasteiger partial charge on any atom is -0.293 e. The third-order valence-corrected chi connectivity index (χ3v) is 5.48. The van der Waals surface area contributed by atoms with Crippen molar-refractivity contribution in [2.45, 2.75) is 24.5 Å². The molecule has 0 saturated heterocycles. The number of halogens is 2. The van der Waals surface area contributed by atoms with Crippen molar-refractivity contribution >= 4 is 44.8 Å². The van der Waals surface area contributed by atoms with E-state index in [2.05, 4.69) is 15.0 Å². The molecule has 2 aromatic rings. The van der Waals surface area contributed by atoms with E-state index in [1.54, 1.807) is 4.90 Å². The largest absolute Gasteiger partial charge is 0.293 e. The van der Waals surface area contributed by atoms with Gasteiger partial charge in [-0.3, -0.25) is 9.69 Å². The van der Waals surface area contributed by atoms with E-state index in [0.717, 1.165) is 17.4 Å². The number of fused-ring (bicyclic) bond motifs is 3. The van der Waals surface area contributed by atoms with Crippen molar-refractivity contribution in [3.8, 4) is 0 Å². The third kappa shape index (κ3) is 2.83. The van der Waals surface area contributed by atoms with Gasteiger partial charge in [0.05, 0.1) is 17.1 Å². The molecule has 146 valence electrons. The molecule has 11 heteroatoms. The predicted octanol–water partition coefficient (Wildman–Crippen LogP) is 2.29. The monoisotopic (exact) mass is 423 g/mol. The molecular formula is C17H15ClFN5O3S. The van der Waals surface area contributed by atoms with Gasteiger partial charge >= 0.3 is 0 Å². The number of guanidine groups is 1. The highest BCUT2D eigenvalue weighted by molar-refractivity contribution is 7.90. The zero-order chi connectivity index (χ0) is 20.4. The number of hydrogen-bond acceptors (Lipinski definition) is 7. The summed E-state index contributed by atoms with van der Waals surface area (Å²) in [5, 5.41) is -0.363. The highest BCUT2D eigenvalue weighted by Gasteiger charge is 2.46. The minimum atomic E-state index is -3.69. The fraction of sp³-hybridized carbons (Fsp3) is 0.294. The van der Waals surface area contributed by atoms with Crippen molar-refractivity contribution < 1.29 is 17.6 Å². The van der Waals surface area contributed by atoms with Crippen LogP contribution in [-0.2, 0) is 9.84 Å². The number of benzene rings is 1. The number of nitrogens with zero attached hydrogens (tertiary/aromatic N) is 5. The molecule has 3 heterocycles. The van der Waals surface area contributed by atoms with Gasteiger partial charge in [-0.1, -0.05) is 17.7 Å². The summed E-state index contributed by atoms with van der Waals surface area (Å²) in [5.74, 6) is -1.08. The molecule has 4 rings (SSSR count). The Morgan fingerprint density at radius 3 is 2.64 bits per heavy atom. The van der Waals surface area contributed by atoms with Gasteiger partial charge < -0.3 is 0 Å². The van der Waals surface area contributed by atoms with Gasteiger partial charge in [-0.2, -0.15) is 4.98 Å². The standard InChI is InChI=1S/C17H15ClFN5O3S/c1-17(2)8-23-13-9(7-20-15(21-13)28(3,26)27)14(25)24(16(23)22-17)12-10(18)5-4-6-11(12)19/h4-7H,8H2,1-3H3. The molecule has 0 radical (unpaired) electrons. The first kappa shape index (κ1) is 18.8. The van der Waals surface area contributed by atoms with Crippen LogP contribution in [0.25, 0.3) is 0 Å². The molecule has 0 aliphatic carbocycles. The van der Waals surface area contributed by atoms with Crippen molar-refractivity contribution in [3.05, 3.63) is 40.8 Å². The number of aliphatic imine (C=N–C) groups is 1. The summed E-state index contributed by atoms with van der Waals surface area (Å²) in [4.78, 5) is 28.3. The van der Waals surface area contributed by atoms with Crippen LogP contribution in [0.5, 0.6) is 0 Å². The zero-order valence-corrected chi connectivity index (χ0v) is 16.7. The Labute approximate surface area is 165 Å². The first-order valence-electron chi connectivity index (χ1n) is 8.22. The van der Waals surface area contributed by atoms with E-state index in [0.29, 0.717) is 6.54 Å². The van der Waals surface area contributed by atoms with Gasteiger partial charge in [0.15, 0.2) is 5.82 Å². The van der Waals surface area contributed by atoms with Crippen LogP contribution in [0.1, 0.15) is 24.2 Å². The molecule has 2 aliphatic heterocycles. The Morgan fingerprint density at radius 1 is 1.29 bits per heavy atom. The van der Waals surface area contributed by atoms with E-state index >= 15 is 0 Å². The Morgan fingerprint density at radius 2 is 2.00 bits per heavy atom. The van der Waals surface area contributed by atoms with Crippen LogP contribution < -0.4 is 9.80 Å². The molecule has 0 N–H and O–H groups in total. The number of sulfone groups is 1. The SMILES string of the molecule is CC1(C)CN2C(=N1)N(c1c(F)cccc1Cl)C(=O)c1cnc(S(C)(=O)=O)nc12. The number of hydrogen-bond donors (Lipinski definition) is 0. The first-order valence-corrected chi connectivity index (χ1v) is 10.5. The summed E-state index contributed by atoms with van der Waals surface area (Å²) in [6.07, 6.45) is 2.11. The van der Waals surface area contributed by atoms with E-state index in [4.69, 9.17) is 11.6 Å². The lowest BCUT2D eigenvalue weighted by Gasteiger charge is -2.35. The lowest BCUT2D eigenvalue weighted by molar-refractivity contribution is 0.0998. The highest BCUT2D eigenvalue weighted by atomic mass is 35.5. The molecular weight excluding hydrogens is 409 g/mol. The quantitative estimate of drug-likeness (QED) is 0.687. The second kappa shape index (κ2) is 5.95. The number of para-hydroxylation sites is 1. The first-order chi connectivity index (χ1) is 13.0. The number of aromatic nitrogens is 2. The molecule has 1 aromatic carbocycles. The van der Waals surface area contributed by atoms with Crippen molar-refractivity contribution in [1.82, 2.24) is 9.97 Å². The lowest BCUT2D eigenvalue weighted by atomic mass is 10.1. The molecule has 0 atom stereocenters. The van der Waals surface area contributed by atoms with Crippen LogP contribution in [-0.4, -0.2) is 48.6 Å². The number of carbonyl (C=O) groups is 1. The summed E-state index contributed by atoms with van der Waals surface area (Å²) in [5.41, 5.74) is -0.722. The minimum absolute atomic E-state index is 0.0309. The summed E-state index contributed by atoms with van der Waals surface area (Å²) < 4.78 is 38.3. The third-order valence-electron chi connectivity index (χ3n) is 4.32. The summed E-state index contributed by atoms with van der Waals surface area (Å²) in [6, 6.07) is 4.10. The van der Waals surface area contributed by atoms with Gasteiger partial charge in [-0.05, 0) is 26.0 Å². The molecule has 0 bridgehead atoms. The maximum Gasteiger partial charge on any atom is 0.270 e. The molecule has 0 saturated carbocycles. The Kier molecular flexibility index (Phi) is 3.99. The molecule has 0 fully saturated rings. The van der Waals surface area contributed by atoms with Crippen LogP contribution in [0, 0.1) is 5.82 Å². The molecule has 8 nitrogen and oxygen atoms in total. The van der Waals surface area contributed by atoms with Crippen molar-refractivity contribution in [2.24, 2.45) is 4.99 Å². The van der Waals surface area contributed by atoms with Crippen molar-refractivity contribution in [3.63, 3.8) is 0 Å². The van der Waals surface area contributed by atoms with Gasteiger partial charge in [-0.15, -0.1) is 0 Å². The van der Waals surface area contributed by atoms with Gasteiger partial charge in [-0.25, -0.2) is 27.7 Å². The Balaban J connectivity index is 1.99. The van der Waals surface area contributed by atoms with Crippen LogP contribution >= 0.6 is 11.6 Å². The molecule has 1 aromatic heterocycles. The van der Waals surface area contributed by atoms with Crippen LogP contribution in [0.15, 0.2) is 34.5 Å². The van der Waals surface area contributed by atoms with Crippen molar-refractivity contribution in [1.29, 1.82) is 0 Å². The Hall–Kier alpha value is -2.59. The molecule has 0 unspecified atom stereocenters. The van der Waals surface area contributed by atoms with E-state index in [-0.39, 0.29) is 28.1 Å². The average Bonchev–Trinajstić information content (AvgIpc) is 2.91. The topological polar surface area (TPSA) is 95.8 Å². The smallest absolute Gasteiger partial charge is 0.270 e. The maximum atomic E-state index is 14.6. The van der Waals surface area contributed by atoms with Gasteiger partial charge in [0.1, 0.15) is 17.1 Å². The molecule has 2 aliphatic rings. The number of anilines is 2. The molecule has 0 spiro atoms. The van der Waals surface area contributed by atoms with Crippen LogP contribution in [0.4, 0.5) is 15.9 Å². The number of amides is 1. The van der Waals surface area contributed by atoms with E-state index in [9.17, 15) is 17.6 Å². The summed E-state index contributed by atoms with van der Waals surface area (Å²) >= 11 is 6.18. The second-order valence-electron chi connectivity index (χ2n) is 7.18. The van der Waals surface area contributed by atoms with E-state index in [1.165, 1.54) is 18.2 Å². The normalized spacial score (nSPS) is 18.0. The van der Waals surface area contributed by atoms with Gasteiger partial charge in [0.25, 0.3) is 5.91 Å². The van der Waals surface area contributed by atoms with Gasteiger partial charge in [0.2, 0.25) is 21.0 Å². The van der Waals surface area contributed by atoms with Crippen LogP contribution in [0.2, 0.25) is 5.02 Å². The average molecular weight is 424 g/mol. The molecule has 28 heavy (non-hydrogen) atoms. The second-order valence-corrected chi connectivity index (χ2v) is 9.50. The fourth-order valence-corrected chi connectivity index (χ4v) is 3.92. The molecule has 1 amide bonds. The van der Waals surface area contributed by atoms with Crippen LogP contribution in [0.3, 0.4) is 0 Å². The summed E-state index contributed by atoms with van der Waals surface area (Å²) in [7, 11) is -3.69. The number of rotatable bonds is 2. The Bertz CT molecular complexity index is 1150. The van der Waals surface area contributed by atoms with E-state index in [1.807, 2.05) is 13.8 Å². The zero-order valence-electron chi connectivity index (χ0n) is 15.1. The lowest BCUT2D eigenvalue weighted by Crippen LogP contribution is -2.51. The van der Waals surface area contributed by atoms with E-state index < -0.39 is 32.3 Å². The highest BCUT2D eigenvalue weighted by Crippen LogP contribution is 2.39. The van der Waals surface area contributed by atoms with Gasteiger partial charge in [0, 0.05) is 12.5 Å².